The minimum absolute atomic E-state index is 0.101. The molecule has 2 aromatic rings. The van der Waals surface area contributed by atoms with Gasteiger partial charge in [0, 0.05) is 43.8 Å². The van der Waals surface area contributed by atoms with Crippen molar-refractivity contribution in [3.63, 3.8) is 0 Å². The maximum absolute atomic E-state index is 12.5. The smallest absolute Gasteiger partial charge is 0.238 e. The highest BCUT2D eigenvalue weighted by Crippen LogP contribution is 2.35. The quantitative estimate of drug-likeness (QED) is 0.714. The van der Waals surface area contributed by atoms with Crippen LogP contribution in [-0.2, 0) is 11.3 Å². The number of nitrogens with one attached hydrogen (secondary N) is 1. The van der Waals surface area contributed by atoms with E-state index >= 15 is 0 Å². The van der Waals surface area contributed by atoms with Crippen molar-refractivity contribution in [3.8, 4) is 11.5 Å². The summed E-state index contributed by atoms with van der Waals surface area (Å²) in [6.07, 6.45) is 0. The summed E-state index contributed by atoms with van der Waals surface area (Å²) in [5.74, 6) is 0.904. The molecule has 29 heavy (non-hydrogen) atoms. The highest BCUT2D eigenvalue weighted by Gasteiger charge is 2.20. The first-order valence-electron chi connectivity index (χ1n) is 9.39. The van der Waals surface area contributed by atoms with Crippen molar-refractivity contribution in [1.82, 2.24) is 9.80 Å². The van der Waals surface area contributed by atoms with Gasteiger partial charge in [-0.25, -0.2) is 0 Å². The molecule has 8 heteroatoms. The molecular formula is C21H25Cl2N3O3. The first-order valence-corrected chi connectivity index (χ1v) is 10.1. The van der Waals surface area contributed by atoms with Crippen LogP contribution in [0.5, 0.6) is 11.5 Å². The van der Waals surface area contributed by atoms with E-state index in [1.807, 2.05) is 12.1 Å². The number of nitrogens with zero attached hydrogens (tertiary/aromatic N) is 2. The van der Waals surface area contributed by atoms with E-state index < -0.39 is 0 Å². The summed E-state index contributed by atoms with van der Waals surface area (Å²) in [6, 6.07) is 11.2. The van der Waals surface area contributed by atoms with E-state index in [4.69, 9.17) is 32.7 Å². The molecular weight excluding hydrogens is 413 g/mol. The number of amides is 1. The van der Waals surface area contributed by atoms with Crippen molar-refractivity contribution in [3.05, 3.63) is 52.0 Å². The Morgan fingerprint density at radius 1 is 0.966 bits per heavy atom. The predicted octanol–water partition coefficient (Wildman–Crippen LogP) is 3.77. The van der Waals surface area contributed by atoms with Crippen LogP contribution in [0.2, 0.25) is 10.0 Å². The van der Waals surface area contributed by atoms with Gasteiger partial charge >= 0.3 is 0 Å². The van der Waals surface area contributed by atoms with E-state index in [-0.39, 0.29) is 5.91 Å². The number of rotatable bonds is 7. The zero-order chi connectivity index (χ0) is 20.8. The third kappa shape index (κ3) is 6.00. The van der Waals surface area contributed by atoms with Crippen molar-refractivity contribution >= 4 is 34.8 Å². The van der Waals surface area contributed by atoms with Crippen LogP contribution >= 0.6 is 23.2 Å². The number of methoxy groups -OCH3 is 2. The fourth-order valence-corrected chi connectivity index (χ4v) is 3.67. The molecule has 1 aliphatic heterocycles. The molecule has 0 radical (unpaired) electrons. The molecule has 1 fully saturated rings. The maximum Gasteiger partial charge on any atom is 0.238 e. The van der Waals surface area contributed by atoms with Crippen LogP contribution < -0.4 is 14.8 Å². The number of carbonyl (C=O) groups excluding carboxylic acids is 1. The van der Waals surface area contributed by atoms with E-state index in [1.54, 1.807) is 12.1 Å². The number of hydrogen-bond acceptors (Lipinski definition) is 5. The molecule has 1 N–H and O–H groups in total. The summed E-state index contributed by atoms with van der Waals surface area (Å²) in [5.41, 5.74) is 1.77. The molecule has 0 spiro atoms. The second-order valence-corrected chi connectivity index (χ2v) is 7.76. The Labute approximate surface area is 181 Å². The molecule has 3 rings (SSSR count). The van der Waals surface area contributed by atoms with E-state index in [1.165, 1.54) is 19.8 Å². The van der Waals surface area contributed by atoms with Crippen LogP contribution in [0.25, 0.3) is 0 Å². The lowest BCUT2D eigenvalue weighted by Crippen LogP contribution is -2.48. The van der Waals surface area contributed by atoms with Crippen LogP contribution in [0.15, 0.2) is 36.4 Å². The van der Waals surface area contributed by atoms with Gasteiger partial charge in [-0.1, -0.05) is 35.3 Å². The van der Waals surface area contributed by atoms with Crippen molar-refractivity contribution in [1.29, 1.82) is 0 Å². The van der Waals surface area contributed by atoms with Gasteiger partial charge in [-0.3, -0.25) is 14.6 Å². The number of halogens is 2. The van der Waals surface area contributed by atoms with E-state index in [9.17, 15) is 4.79 Å². The fourth-order valence-electron chi connectivity index (χ4n) is 3.30. The lowest BCUT2D eigenvalue weighted by Gasteiger charge is -2.34. The molecule has 1 saturated heterocycles. The lowest BCUT2D eigenvalue weighted by atomic mass is 10.2. The van der Waals surface area contributed by atoms with Gasteiger partial charge in [0.15, 0.2) is 0 Å². The number of benzene rings is 2. The summed E-state index contributed by atoms with van der Waals surface area (Å²) in [4.78, 5) is 17.0. The predicted molar refractivity (Wildman–Crippen MR) is 116 cm³/mol. The molecule has 0 aliphatic carbocycles. The topological polar surface area (TPSA) is 54.0 Å². The van der Waals surface area contributed by atoms with Gasteiger partial charge in [-0.05, 0) is 23.8 Å². The Balaban J connectivity index is 1.50. The molecule has 0 bridgehead atoms. The van der Waals surface area contributed by atoms with Crippen LogP contribution in [0.3, 0.4) is 0 Å². The first kappa shape index (κ1) is 21.7. The second-order valence-electron chi connectivity index (χ2n) is 6.91. The summed E-state index contributed by atoms with van der Waals surface area (Å²) >= 11 is 12.1. The zero-order valence-corrected chi connectivity index (χ0v) is 18.1. The summed E-state index contributed by atoms with van der Waals surface area (Å²) < 4.78 is 10.5. The standard InChI is InChI=1S/C21H25Cl2N3O3/c1-28-19-12-20(29-2)18(11-17(19)23)24-21(27)14-26-9-7-25(8-10-26)13-15-3-5-16(22)6-4-15/h3-6,11-12H,7-10,13-14H2,1-2H3,(H,24,27). The summed E-state index contributed by atoms with van der Waals surface area (Å²) in [7, 11) is 3.07. The molecule has 1 amide bonds. The molecule has 0 unspecified atom stereocenters. The van der Waals surface area contributed by atoms with Crippen LogP contribution in [0, 0.1) is 0 Å². The normalized spacial score (nSPS) is 15.2. The molecule has 0 aromatic heterocycles. The lowest BCUT2D eigenvalue weighted by molar-refractivity contribution is -0.117. The Hall–Kier alpha value is -1.99. The monoisotopic (exact) mass is 437 g/mol. The fraction of sp³-hybridized carbons (Fsp3) is 0.381. The largest absolute Gasteiger partial charge is 0.495 e. The summed E-state index contributed by atoms with van der Waals surface area (Å²) in [5, 5.41) is 4.05. The Bertz CT molecular complexity index is 838. The average Bonchev–Trinajstić information content (AvgIpc) is 2.71. The van der Waals surface area contributed by atoms with Crippen molar-refractivity contribution in [2.75, 3.05) is 52.3 Å². The minimum atomic E-state index is -0.101. The van der Waals surface area contributed by atoms with Crippen LogP contribution in [-0.4, -0.2) is 62.7 Å². The van der Waals surface area contributed by atoms with E-state index in [0.717, 1.165) is 37.7 Å². The third-order valence-electron chi connectivity index (χ3n) is 4.90. The van der Waals surface area contributed by atoms with Crippen LogP contribution in [0.1, 0.15) is 5.56 Å². The number of hydrogen-bond donors (Lipinski definition) is 1. The highest BCUT2D eigenvalue weighted by molar-refractivity contribution is 6.32. The molecule has 6 nitrogen and oxygen atoms in total. The molecule has 156 valence electrons. The van der Waals surface area contributed by atoms with Gasteiger partial charge in [0.25, 0.3) is 0 Å². The number of anilines is 1. The molecule has 2 aromatic carbocycles. The molecule has 0 atom stereocenters. The second kappa shape index (κ2) is 10.2. The van der Waals surface area contributed by atoms with E-state index in [0.29, 0.717) is 28.8 Å². The van der Waals surface area contributed by atoms with E-state index in [2.05, 4.69) is 27.2 Å². The Kier molecular flexibility index (Phi) is 7.61. The van der Waals surface area contributed by atoms with Crippen molar-refractivity contribution in [2.45, 2.75) is 6.54 Å². The van der Waals surface area contributed by atoms with Gasteiger partial charge in [0.2, 0.25) is 5.91 Å². The number of carbonyl (C=O) groups is 1. The summed E-state index contributed by atoms with van der Waals surface area (Å²) in [6.45, 7) is 4.70. The Morgan fingerprint density at radius 3 is 2.21 bits per heavy atom. The third-order valence-corrected chi connectivity index (χ3v) is 5.45. The van der Waals surface area contributed by atoms with Gasteiger partial charge < -0.3 is 14.8 Å². The zero-order valence-electron chi connectivity index (χ0n) is 16.6. The molecule has 1 heterocycles. The van der Waals surface area contributed by atoms with Gasteiger partial charge in [0.05, 0.1) is 31.5 Å². The Morgan fingerprint density at radius 2 is 1.59 bits per heavy atom. The van der Waals surface area contributed by atoms with Crippen LogP contribution in [0.4, 0.5) is 5.69 Å². The SMILES string of the molecule is COc1cc(OC)c(NC(=O)CN2CCN(Cc3ccc(Cl)cc3)CC2)cc1Cl. The highest BCUT2D eigenvalue weighted by atomic mass is 35.5. The molecule has 0 saturated carbocycles. The first-order chi connectivity index (χ1) is 14.0. The van der Waals surface area contributed by atoms with Gasteiger partial charge in [-0.15, -0.1) is 0 Å². The molecule has 1 aliphatic rings. The number of piperazine rings is 1. The maximum atomic E-state index is 12.5. The van der Waals surface area contributed by atoms with Crippen molar-refractivity contribution in [2.24, 2.45) is 0 Å². The average molecular weight is 438 g/mol. The van der Waals surface area contributed by atoms with Gasteiger partial charge in [0.1, 0.15) is 11.5 Å². The van der Waals surface area contributed by atoms with Gasteiger partial charge in [-0.2, -0.15) is 0 Å². The van der Waals surface area contributed by atoms with Crippen molar-refractivity contribution < 1.29 is 14.3 Å². The number of ether oxygens (including phenoxy) is 2. The minimum Gasteiger partial charge on any atom is -0.495 e.